The van der Waals surface area contributed by atoms with E-state index in [2.05, 4.69) is 92.7 Å². The fourth-order valence-corrected chi connectivity index (χ4v) is 6.21. The summed E-state index contributed by atoms with van der Waals surface area (Å²) in [6.07, 6.45) is 12.6. The van der Waals surface area contributed by atoms with Crippen LogP contribution in [0.3, 0.4) is 0 Å². The molecule has 4 aromatic carbocycles. The van der Waals surface area contributed by atoms with E-state index in [1.54, 1.807) is 6.07 Å². The highest BCUT2D eigenvalue weighted by molar-refractivity contribution is 5.72. The molecule has 0 saturated heterocycles. The molecule has 1 saturated carbocycles. The van der Waals surface area contributed by atoms with E-state index in [9.17, 15) is 4.39 Å². The molecule has 39 heavy (non-hydrogen) atoms. The Hall–Kier alpha value is -3.45. The van der Waals surface area contributed by atoms with Crippen LogP contribution in [0.15, 0.2) is 97.1 Å². The molecular weight excluding hydrogens is 475 g/mol. The summed E-state index contributed by atoms with van der Waals surface area (Å²) in [5, 5.41) is 0. The molecule has 0 aliphatic heterocycles. The minimum absolute atomic E-state index is 0.184. The summed E-state index contributed by atoms with van der Waals surface area (Å²) < 4.78 is 14.9. The van der Waals surface area contributed by atoms with Crippen molar-refractivity contribution in [1.82, 2.24) is 0 Å². The Morgan fingerprint density at radius 1 is 0.769 bits per heavy atom. The zero-order valence-electron chi connectivity index (χ0n) is 23.5. The Labute approximate surface area is 234 Å². The molecule has 1 fully saturated rings. The number of hydrogen-bond donors (Lipinski definition) is 0. The molecule has 0 N–H and O–H groups in total. The summed E-state index contributed by atoms with van der Waals surface area (Å²) in [5.41, 5.74) is 7.94. The van der Waals surface area contributed by atoms with E-state index in [-0.39, 0.29) is 5.82 Å². The van der Waals surface area contributed by atoms with Crippen molar-refractivity contribution in [1.29, 1.82) is 0 Å². The number of aryl methyl sites for hydroxylation is 1. The van der Waals surface area contributed by atoms with Gasteiger partial charge in [0.25, 0.3) is 0 Å². The average molecular weight is 517 g/mol. The topological polar surface area (TPSA) is 0 Å². The SMILES string of the molecule is CCCc1ccc(-c2ccc(C=Cc3ccc(C4CCC(C[C@H](C)c5ccccc5)CC4)cc3)c(F)c2)cc1. The van der Waals surface area contributed by atoms with Gasteiger partial charge in [-0.05, 0) is 95.7 Å². The lowest BCUT2D eigenvalue weighted by Gasteiger charge is -2.30. The molecule has 1 aliphatic rings. The Balaban J connectivity index is 1.15. The van der Waals surface area contributed by atoms with Gasteiger partial charge in [-0.3, -0.25) is 0 Å². The quantitative estimate of drug-likeness (QED) is 0.194. The van der Waals surface area contributed by atoms with Gasteiger partial charge in [0.1, 0.15) is 5.82 Å². The van der Waals surface area contributed by atoms with E-state index in [1.807, 2.05) is 24.3 Å². The van der Waals surface area contributed by atoms with Crippen LogP contribution in [0.5, 0.6) is 0 Å². The van der Waals surface area contributed by atoms with E-state index in [1.165, 1.54) is 48.8 Å². The largest absolute Gasteiger partial charge is 0.206 e. The van der Waals surface area contributed by atoms with Crippen LogP contribution in [-0.2, 0) is 6.42 Å². The van der Waals surface area contributed by atoms with Gasteiger partial charge in [0.05, 0.1) is 0 Å². The van der Waals surface area contributed by atoms with Gasteiger partial charge in [0.15, 0.2) is 0 Å². The van der Waals surface area contributed by atoms with Crippen LogP contribution in [0.25, 0.3) is 23.3 Å². The van der Waals surface area contributed by atoms with E-state index < -0.39 is 0 Å². The van der Waals surface area contributed by atoms with Gasteiger partial charge in [-0.15, -0.1) is 0 Å². The first-order valence-corrected chi connectivity index (χ1v) is 14.8. The lowest BCUT2D eigenvalue weighted by Crippen LogP contribution is -2.15. The Morgan fingerprint density at radius 3 is 2.13 bits per heavy atom. The van der Waals surface area contributed by atoms with Crippen molar-refractivity contribution in [2.24, 2.45) is 5.92 Å². The van der Waals surface area contributed by atoms with Gasteiger partial charge in [-0.1, -0.05) is 123 Å². The minimum atomic E-state index is -0.184. The number of hydrogen-bond acceptors (Lipinski definition) is 0. The highest BCUT2D eigenvalue weighted by atomic mass is 19.1. The van der Waals surface area contributed by atoms with E-state index in [0.29, 0.717) is 17.4 Å². The Morgan fingerprint density at radius 2 is 1.46 bits per heavy atom. The number of halogens is 1. The van der Waals surface area contributed by atoms with E-state index >= 15 is 0 Å². The van der Waals surface area contributed by atoms with Crippen molar-refractivity contribution in [3.05, 3.63) is 131 Å². The summed E-state index contributed by atoms with van der Waals surface area (Å²) in [6.45, 7) is 4.56. The summed E-state index contributed by atoms with van der Waals surface area (Å²) in [6, 6.07) is 33.9. The number of rotatable bonds is 9. The fourth-order valence-electron chi connectivity index (χ4n) is 6.21. The van der Waals surface area contributed by atoms with Crippen LogP contribution in [0.2, 0.25) is 0 Å². The monoisotopic (exact) mass is 516 g/mol. The molecule has 1 atom stereocenters. The molecule has 200 valence electrons. The maximum absolute atomic E-state index is 14.9. The van der Waals surface area contributed by atoms with Crippen molar-refractivity contribution in [2.45, 2.75) is 70.6 Å². The molecule has 1 heteroatoms. The smallest absolute Gasteiger partial charge is 0.131 e. The second-order valence-corrected chi connectivity index (χ2v) is 11.4. The van der Waals surface area contributed by atoms with Gasteiger partial charge in [0.2, 0.25) is 0 Å². The molecule has 0 aromatic heterocycles. The van der Waals surface area contributed by atoms with Gasteiger partial charge in [0, 0.05) is 5.56 Å². The zero-order valence-corrected chi connectivity index (χ0v) is 23.5. The second-order valence-electron chi connectivity index (χ2n) is 11.4. The summed E-state index contributed by atoms with van der Waals surface area (Å²) >= 11 is 0. The first kappa shape index (κ1) is 27.1. The lowest BCUT2D eigenvalue weighted by atomic mass is 9.75. The lowest BCUT2D eigenvalue weighted by molar-refractivity contribution is 0.297. The van der Waals surface area contributed by atoms with Crippen molar-refractivity contribution in [3.63, 3.8) is 0 Å². The molecular formula is C38H41F. The van der Waals surface area contributed by atoms with Crippen molar-refractivity contribution < 1.29 is 4.39 Å². The maximum atomic E-state index is 14.9. The molecule has 0 heterocycles. The van der Waals surface area contributed by atoms with Crippen LogP contribution in [0.1, 0.15) is 92.0 Å². The highest BCUT2D eigenvalue weighted by Crippen LogP contribution is 2.39. The zero-order chi connectivity index (χ0) is 27.0. The molecule has 0 unspecified atom stereocenters. The van der Waals surface area contributed by atoms with E-state index in [0.717, 1.165) is 35.4 Å². The van der Waals surface area contributed by atoms with Crippen molar-refractivity contribution in [2.75, 3.05) is 0 Å². The van der Waals surface area contributed by atoms with Gasteiger partial charge in [-0.25, -0.2) is 4.39 Å². The van der Waals surface area contributed by atoms with Crippen LogP contribution < -0.4 is 0 Å². The number of benzene rings is 4. The molecule has 4 aromatic rings. The van der Waals surface area contributed by atoms with Gasteiger partial charge < -0.3 is 0 Å². The standard InChI is InChI=1S/C38H41F/c1-3-7-29-10-19-35(20-11-29)37-25-24-36(38(39)27-37)23-14-30-12-17-33(18-13-30)34-21-15-31(16-22-34)26-28(2)32-8-5-4-6-9-32/h4-6,8-14,17-20,23-25,27-28,31,34H,3,7,15-16,21-22,26H2,1-2H3/t28-,31?,34?/m0/s1. The molecule has 0 spiro atoms. The van der Waals surface area contributed by atoms with Crippen molar-refractivity contribution >= 4 is 12.2 Å². The highest BCUT2D eigenvalue weighted by Gasteiger charge is 2.24. The predicted molar refractivity (Wildman–Crippen MR) is 165 cm³/mol. The molecule has 0 amide bonds. The van der Waals surface area contributed by atoms with Crippen molar-refractivity contribution in [3.8, 4) is 11.1 Å². The third-order valence-electron chi connectivity index (χ3n) is 8.59. The average Bonchev–Trinajstić information content (AvgIpc) is 2.98. The first-order chi connectivity index (χ1) is 19.1. The fraction of sp³-hybridized carbons (Fsp3) is 0.316. The van der Waals surface area contributed by atoms with Gasteiger partial charge in [-0.2, -0.15) is 0 Å². The minimum Gasteiger partial charge on any atom is -0.206 e. The van der Waals surface area contributed by atoms with Gasteiger partial charge >= 0.3 is 0 Å². The summed E-state index contributed by atoms with van der Waals surface area (Å²) in [5.74, 6) is 1.95. The summed E-state index contributed by atoms with van der Waals surface area (Å²) in [4.78, 5) is 0. The summed E-state index contributed by atoms with van der Waals surface area (Å²) in [7, 11) is 0. The third kappa shape index (κ3) is 7.15. The first-order valence-electron chi connectivity index (χ1n) is 14.8. The normalized spacial score (nSPS) is 18.3. The van der Waals surface area contributed by atoms with Crippen LogP contribution in [-0.4, -0.2) is 0 Å². The van der Waals surface area contributed by atoms with E-state index in [4.69, 9.17) is 0 Å². The molecule has 1 aliphatic carbocycles. The molecule has 0 nitrogen and oxygen atoms in total. The Kier molecular flexibility index (Phi) is 9.09. The second kappa shape index (κ2) is 13.1. The van der Waals surface area contributed by atoms with Crippen LogP contribution in [0, 0.1) is 11.7 Å². The van der Waals surface area contributed by atoms with Crippen LogP contribution in [0.4, 0.5) is 4.39 Å². The Bertz CT molecular complexity index is 1340. The third-order valence-corrected chi connectivity index (χ3v) is 8.59. The molecule has 0 radical (unpaired) electrons. The molecule has 0 bridgehead atoms. The van der Waals surface area contributed by atoms with Crippen LogP contribution >= 0.6 is 0 Å². The predicted octanol–water partition coefficient (Wildman–Crippen LogP) is 11.1. The maximum Gasteiger partial charge on any atom is 0.131 e. The molecule has 5 rings (SSSR count).